The van der Waals surface area contributed by atoms with Crippen molar-refractivity contribution in [3.8, 4) is 0 Å². The highest BCUT2D eigenvalue weighted by Crippen LogP contribution is 2.18. The maximum absolute atomic E-state index is 12.0. The summed E-state index contributed by atoms with van der Waals surface area (Å²) in [5, 5.41) is 21.1. The third-order valence-electron chi connectivity index (χ3n) is 3.08. The molecule has 1 aromatic rings. The van der Waals surface area contributed by atoms with Crippen LogP contribution in [0.15, 0.2) is 12.3 Å². The van der Waals surface area contributed by atoms with Crippen molar-refractivity contribution >= 4 is 12.0 Å². The van der Waals surface area contributed by atoms with Crippen LogP contribution in [0.4, 0.5) is 4.79 Å². The number of aliphatic hydroxyl groups is 1. The van der Waals surface area contributed by atoms with E-state index in [4.69, 9.17) is 5.11 Å². The summed E-state index contributed by atoms with van der Waals surface area (Å²) in [6.07, 6.45) is 0.835. The van der Waals surface area contributed by atoms with E-state index in [1.807, 2.05) is 0 Å². The molecule has 0 bridgehead atoms. The van der Waals surface area contributed by atoms with Gasteiger partial charge in [-0.1, -0.05) is 0 Å². The number of carboxylic acids is 1. The van der Waals surface area contributed by atoms with E-state index < -0.39 is 24.1 Å². The van der Waals surface area contributed by atoms with Crippen LogP contribution in [0.2, 0.25) is 0 Å². The van der Waals surface area contributed by atoms with Crippen LogP contribution in [-0.2, 0) is 11.3 Å². The van der Waals surface area contributed by atoms with Gasteiger partial charge in [0.25, 0.3) is 0 Å². The van der Waals surface area contributed by atoms with E-state index >= 15 is 0 Å². The zero-order valence-electron chi connectivity index (χ0n) is 11.0. The van der Waals surface area contributed by atoms with Gasteiger partial charge in [-0.05, 0) is 13.0 Å². The lowest BCUT2D eigenvalue weighted by atomic mass is 10.2. The molecule has 2 rings (SSSR count). The van der Waals surface area contributed by atoms with Crippen LogP contribution in [0.1, 0.15) is 17.9 Å². The first-order valence-corrected chi connectivity index (χ1v) is 6.21. The van der Waals surface area contributed by atoms with Crippen LogP contribution in [0.3, 0.4) is 0 Å². The predicted octanol–water partition coefficient (Wildman–Crippen LogP) is -0.486. The first kappa shape index (κ1) is 14.2. The number of hydrogen-bond acceptors (Lipinski definition) is 5. The Labute approximate surface area is 115 Å². The average molecular weight is 280 g/mol. The number of β-amino-alcohol motifs (C(OH)–C–C–N with tert-alkyl or cyclic N) is 1. The molecule has 0 aromatic carbocycles. The van der Waals surface area contributed by atoms with Crippen molar-refractivity contribution in [2.45, 2.75) is 32.0 Å². The van der Waals surface area contributed by atoms with Gasteiger partial charge < -0.3 is 20.4 Å². The third-order valence-corrected chi connectivity index (χ3v) is 3.08. The molecule has 1 saturated heterocycles. The first-order valence-electron chi connectivity index (χ1n) is 6.21. The Balaban J connectivity index is 1.96. The molecule has 1 aliphatic heterocycles. The molecular weight excluding hydrogens is 264 g/mol. The van der Waals surface area contributed by atoms with Crippen molar-refractivity contribution in [1.29, 1.82) is 0 Å². The highest BCUT2D eigenvalue weighted by atomic mass is 16.4. The number of rotatable bonds is 3. The average Bonchev–Trinajstić information content (AvgIpc) is 2.78. The second kappa shape index (κ2) is 5.83. The summed E-state index contributed by atoms with van der Waals surface area (Å²) in [6.45, 7) is 1.94. The number of aliphatic hydroxyl groups excluding tert-OH is 1. The number of nitrogens with zero attached hydrogens (tertiary/aromatic N) is 3. The van der Waals surface area contributed by atoms with E-state index in [1.54, 1.807) is 19.2 Å². The Morgan fingerprint density at radius 1 is 1.55 bits per heavy atom. The van der Waals surface area contributed by atoms with Gasteiger partial charge >= 0.3 is 12.0 Å². The zero-order valence-corrected chi connectivity index (χ0v) is 11.0. The molecule has 0 saturated carbocycles. The summed E-state index contributed by atoms with van der Waals surface area (Å²) in [5.74, 6) is -0.522. The van der Waals surface area contributed by atoms with Crippen molar-refractivity contribution in [2.75, 3.05) is 6.54 Å². The topological polar surface area (TPSA) is 116 Å². The van der Waals surface area contributed by atoms with Crippen molar-refractivity contribution < 1.29 is 19.8 Å². The highest BCUT2D eigenvalue weighted by Gasteiger charge is 2.38. The van der Waals surface area contributed by atoms with Gasteiger partial charge in [0, 0.05) is 19.2 Å². The number of hydrogen-bond donors (Lipinski definition) is 3. The number of nitrogens with one attached hydrogen (secondary N) is 1. The molecule has 2 amide bonds. The molecule has 0 unspecified atom stereocenters. The van der Waals surface area contributed by atoms with Crippen molar-refractivity contribution in [2.24, 2.45) is 0 Å². The number of aromatic nitrogens is 2. The number of carbonyl (C=O) groups is 2. The van der Waals surface area contributed by atoms with Gasteiger partial charge in [-0.3, -0.25) is 0 Å². The SMILES string of the molecule is Cc1nccc(CNC(=O)N2C[C@H](O)C[C@H]2C(=O)O)n1. The molecule has 1 fully saturated rings. The molecule has 3 N–H and O–H groups in total. The van der Waals surface area contributed by atoms with E-state index in [1.165, 1.54) is 0 Å². The van der Waals surface area contributed by atoms with Crippen molar-refractivity contribution in [1.82, 2.24) is 20.2 Å². The minimum atomic E-state index is -1.12. The van der Waals surface area contributed by atoms with Crippen LogP contribution < -0.4 is 5.32 Å². The summed E-state index contributed by atoms with van der Waals surface area (Å²) >= 11 is 0. The van der Waals surface area contributed by atoms with E-state index in [0.29, 0.717) is 11.5 Å². The van der Waals surface area contributed by atoms with Crippen LogP contribution in [0.5, 0.6) is 0 Å². The summed E-state index contributed by atoms with van der Waals surface area (Å²) in [5.41, 5.74) is 0.637. The smallest absolute Gasteiger partial charge is 0.326 e. The van der Waals surface area contributed by atoms with Crippen molar-refractivity contribution in [3.05, 3.63) is 23.8 Å². The second-order valence-electron chi connectivity index (χ2n) is 4.65. The number of amides is 2. The van der Waals surface area contributed by atoms with Crippen LogP contribution in [0, 0.1) is 6.92 Å². The zero-order chi connectivity index (χ0) is 14.7. The summed E-state index contributed by atoms with van der Waals surface area (Å²) < 4.78 is 0. The van der Waals surface area contributed by atoms with Crippen LogP contribution >= 0.6 is 0 Å². The largest absolute Gasteiger partial charge is 0.480 e. The summed E-state index contributed by atoms with van der Waals surface area (Å²) in [4.78, 5) is 32.2. The fraction of sp³-hybridized carbons (Fsp3) is 0.500. The number of carbonyl (C=O) groups excluding carboxylic acids is 1. The Bertz CT molecular complexity index is 522. The van der Waals surface area contributed by atoms with Gasteiger partial charge in [0.1, 0.15) is 11.9 Å². The standard InChI is InChI=1S/C12H16N4O4/c1-7-13-3-2-8(15-7)5-14-12(20)16-6-9(17)4-10(16)11(18)19/h2-3,9-10,17H,4-6H2,1H3,(H,14,20)(H,18,19)/t9-,10+/m1/s1. The molecule has 2 heterocycles. The number of carboxylic acid groups (broad SMARTS) is 1. The first-order chi connectivity index (χ1) is 9.47. The normalized spacial score (nSPS) is 21.8. The summed E-state index contributed by atoms with van der Waals surface area (Å²) in [7, 11) is 0. The number of aliphatic carboxylic acids is 1. The molecular formula is C12H16N4O4. The third kappa shape index (κ3) is 3.21. The molecule has 8 nitrogen and oxygen atoms in total. The van der Waals surface area contributed by atoms with Gasteiger partial charge in [-0.15, -0.1) is 0 Å². The molecule has 1 aromatic heterocycles. The summed E-state index contributed by atoms with van der Waals surface area (Å²) in [6, 6.07) is 0.156. The monoisotopic (exact) mass is 280 g/mol. The molecule has 20 heavy (non-hydrogen) atoms. The van der Waals surface area contributed by atoms with Gasteiger partial charge in [0.05, 0.1) is 18.3 Å². The highest BCUT2D eigenvalue weighted by molar-refractivity contribution is 5.83. The molecule has 2 atom stereocenters. The lowest BCUT2D eigenvalue weighted by molar-refractivity contribution is -0.141. The number of likely N-dealkylation sites (tertiary alicyclic amines) is 1. The molecule has 0 spiro atoms. The van der Waals surface area contributed by atoms with Crippen molar-refractivity contribution in [3.63, 3.8) is 0 Å². The molecule has 1 aliphatic rings. The van der Waals surface area contributed by atoms with Crippen LogP contribution in [0.25, 0.3) is 0 Å². The molecule has 108 valence electrons. The number of aryl methyl sites for hydroxylation is 1. The van der Waals surface area contributed by atoms with Crippen LogP contribution in [-0.4, -0.2) is 55.8 Å². The Kier molecular flexibility index (Phi) is 4.14. The molecule has 0 radical (unpaired) electrons. The quantitative estimate of drug-likeness (QED) is 0.688. The van der Waals surface area contributed by atoms with Gasteiger partial charge in [0.2, 0.25) is 0 Å². The minimum absolute atomic E-state index is 0.0194. The van der Waals surface area contributed by atoms with E-state index in [2.05, 4.69) is 15.3 Å². The fourth-order valence-electron chi connectivity index (χ4n) is 2.14. The van der Waals surface area contributed by atoms with Gasteiger partial charge in [-0.2, -0.15) is 0 Å². The Hall–Kier alpha value is -2.22. The van der Waals surface area contributed by atoms with E-state index in [-0.39, 0.29) is 19.5 Å². The number of urea groups is 1. The maximum atomic E-state index is 12.0. The fourth-order valence-corrected chi connectivity index (χ4v) is 2.14. The Morgan fingerprint density at radius 3 is 2.95 bits per heavy atom. The molecule has 8 heteroatoms. The maximum Gasteiger partial charge on any atom is 0.326 e. The predicted molar refractivity (Wildman–Crippen MR) is 67.8 cm³/mol. The second-order valence-corrected chi connectivity index (χ2v) is 4.65. The van der Waals surface area contributed by atoms with E-state index in [9.17, 15) is 14.7 Å². The Morgan fingerprint density at radius 2 is 2.30 bits per heavy atom. The molecule has 0 aliphatic carbocycles. The lowest BCUT2D eigenvalue weighted by Gasteiger charge is -2.21. The van der Waals surface area contributed by atoms with Gasteiger partial charge in [0.15, 0.2) is 0 Å². The van der Waals surface area contributed by atoms with E-state index in [0.717, 1.165) is 4.90 Å². The lowest BCUT2D eigenvalue weighted by Crippen LogP contribution is -2.46. The minimum Gasteiger partial charge on any atom is -0.480 e. The van der Waals surface area contributed by atoms with Gasteiger partial charge in [-0.25, -0.2) is 19.6 Å².